The average Bonchev–Trinajstić information content (AvgIpc) is 2.58. The van der Waals surface area contributed by atoms with E-state index in [4.69, 9.17) is 5.11 Å². The van der Waals surface area contributed by atoms with Gasteiger partial charge in [-0.15, -0.1) is 0 Å². The van der Waals surface area contributed by atoms with Crippen LogP contribution in [-0.2, 0) is 4.79 Å². The molecule has 1 saturated carbocycles. The highest BCUT2D eigenvalue weighted by molar-refractivity contribution is 5.69. The molecule has 3 unspecified atom stereocenters. The van der Waals surface area contributed by atoms with Crippen molar-refractivity contribution in [2.45, 2.75) is 45.6 Å². The van der Waals surface area contributed by atoms with E-state index in [2.05, 4.69) is 23.6 Å². The fraction of sp³-hybridized carbons (Fsp3) is 0.933. The van der Waals surface area contributed by atoms with Crippen LogP contribution in [0, 0.1) is 11.8 Å². The second-order valence-corrected chi connectivity index (χ2v) is 6.48. The summed E-state index contributed by atoms with van der Waals surface area (Å²) >= 11 is 0. The van der Waals surface area contributed by atoms with Gasteiger partial charge in [0.1, 0.15) is 0 Å². The van der Waals surface area contributed by atoms with Gasteiger partial charge in [0.2, 0.25) is 0 Å². The standard InChI is InChI=1S/C15H28N2O2/c1-12-4-5-14(10-13(12)2)17-7-3-6-16(8-9-17)11-15(18)19/h12-14H,3-11H2,1-2H3,(H,18,19). The van der Waals surface area contributed by atoms with Crippen molar-refractivity contribution < 1.29 is 9.90 Å². The Morgan fingerprint density at radius 3 is 2.58 bits per heavy atom. The van der Waals surface area contributed by atoms with E-state index in [0.717, 1.165) is 50.5 Å². The maximum Gasteiger partial charge on any atom is 0.317 e. The first-order valence-corrected chi connectivity index (χ1v) is 7.74. The van der Waals surface area contributed by atoms with Crippen LogP contribution in [0.3, 0.4) is 0 Å². The van der Waals surface area contributed by atoms with Crippen LogP contribution in [-0.4, -0.2) is 59.6 Å². The lowest BCUT2D eigenvalue weighted by Gasteiger charge is -2.38. The average molecular weight is 268 g/mol. The van der Waals surface area contributed by atoms with Crippen molar-refractivity contribution in [3.63, 3.8) is 0 Å². The number of carboxylic acid groups (broad SMARTS) is 1. The van der Waals surface area contributed by atoms with Crippen LogP contribution in [0.1, 0.15) is 39.5 Å². The van der Waals surface area contributed by atoms with Gasteiger partial charge in [-0.05, 0) is 44.1 Å². The summed E-state index contributed by atoms with van der Waals surface area (Å²) in [5, 5.41) is 8.88. The zero-order valence-electron chi connectivity index (χ0n) is 12.3. The zero-order chi connectivity index (χ0) is 13.8. The van der Waals surface area contributed by atoms with Gasteiger partial charge in [-0.1, -0.05) is 13.8 Å². The van der Waals surface area contributed by atoms with Crippen LogP contribution < -0.4 is 0 Å². The van der Waals surface area contributed by atoms with E-state index in [1.165, 1.54) is 19.3 Å². The third kappa shape index (κ3) is 4.18. The zero-order valence-corrected chi connectivity index (χ0v) is 12.3. The number of nitrogens with zero attached hydrogens (tertiary/aromatic N) is 2. The van der Waals surface area contributed by atoms with E-state index in [0.29, 0.717) is 0 Å². The molecule has 3 atom stereocenters. The van der Waals surface area contributed by atoms with Crippen LogP contribution in [0.25, 0.3) is 0 Å². The largest absolute Gasteiger partial charge is 0.480 e. The Kier molecular flexibility index (Phi) is 5.22. The van der Waals surface area contributed by atoms with Crippen molar-refractivity contribution in [2.75, 3.05) is 32.7 Å². The molecule has 2 fully saturated rings. The molecule has 0 bridgehead atoms. The highest BCUT2D eigenvalue weighted by atomic mass is 16.4. The van der Waals surface area contributed by atoms with Gasteiger partial charge in [-0.2, -0.15) is 0 Å². The third-order valence-electron chi connectivity index (χ3n) is 5.07. The van der Waals surface area contributed by atoms with Crippen molar-refractivity contribution in [3.05, 3.63) is 0 Å². The molecule has 0 aromatic carbocycles. The lowest BCUT2D eigenvalue weighted by atomic mass is 9.78. The molecule has 1 heterocycles. The number of hydrogen-bond donors (Lipinski definition) is 1. The minimum atomic E-state index is -0.700. The summed E-state index contributed by atoms with van der Waals surface area (Å²) in [6.45, 7) is 8.98. The molecule has 0 aromatic rings. The van der Waals surface area contributed by atoms with Crippen molar-refractivity contribution in [3.8, 4) is 0 Å². The molecule has 4 heteroatoms. The molecule has 1 aliphatic carbocycles. The maximum absolute atomic E-state index is 10.8. The topological polar surface area (TPSA) is 43.8 Å². The molecule has 110 valence electrons. The van der Waals surface area contributed by atoms with E-state index in [-0.39, 0.29) is 6.54 Å². The molecule has 1 N–H and O–H groups in total. The predicted molar refractivity (Wildman–Crippen MR) is 76.2 cm³/mol. The van der Waals surface area contributed by atoms with Gasteiger partial charge in [0, 0.05) is 25.7 Å². The summed E-state index contributed by atoms with van der Waals surface area (Å²) in [5.41, 5.74) is 0. The Morgan fingerprint density at radius 1 is 1.11 bits per heavy atom. The van der Waals surface area contributed by atoms with Gasteiger partial charge in [0.05, 0.1) is 6.54 Å². The lowest BCUT2D eigenvalue weighted by molar-refractivity contribution is -0.138. The van der Waals surface area contributed by atoms with Gasteiger partial charge in [0.15, 0.2) is 0 Å². The molecule has 2 rings (SSSR count). The number of aliphatic carboxylic acids is 1. The Morgan fingerprint density at radius 2 is 1.89 bits per heavy atom. The smallest absolute Gasteiger partial charge is 0.317 e. The normalized spacial score (nSPS) is 34.9. The SMILES string of the molecule is CC1CCC(N2CCCN(CC(=O)O)CC2)CC1C. The fourth-order valence-electron chi connectivity index (χ4n) is 3.56. The summed E-state index contributed by atoms with van der Waals surface area (Å²) in [6, 6.07) is 0.732. The Bertz CT molecular complexity index is 309. The fourth-order valence-corrected chi connectivity index (χ4v) is 3.56. The van der Waals surface area contributed by atoms with E-state index in [1.807, 2.05) is 0 Å². The molecular formula is C15H28N2O2. The summed E-state index contributed by atoms with van der Waals surface area (Å²) in [4.78, 5) is 15.5. The summed E-state index contributed by atoms with van der Waals surface area (Å²) < 4.78 is 0. The Balaban J connectivity index is 1.83. The summed E-state index contributed by atoms with van der Waals surface area (Å²) in [6.07, 6.45) is 5.10. The van der Waals surface area contributed by atoms with Gasteiger partial charge >= 0.3 is 5.97 Å². The highest BCUT2D eigenvalue weighted by Gasteiger charge is 2.29. The highest BCUT2D eigenvalue weighted by Crippen LogP contribution is 2.32. The van der Waals surface area contributed by atoms with Crippen LogP contribution in [0.15, 0.2) is 0 Å². The van der Waals surface area contributed by atoms with Gasteiger partial charge in [-0.25, -0.2) is 0 Å². The van der Waals surface area contributed by atoms with Crippen molar-refractivity contribution in [2.24, 2.45) is 11.8 Å². The number of hydrogen-bond acceptors (Lipinski definition) is 3. The van der Waals surface area contributed by atoms with Gasteiger partial charge in [0.25, 0.3) is 0 Å². The molecule has 1 saturated heterocycles. The first kappa shape index (κ1) is 14.8. The summed E-state index contributed by atoms with van der Waals surface area (Å²) in [5.74, 6) is 0.998. The molecule has 1 aliphatic heterocycles. The lowest BCUT2D eigenvalue weighted by Crippen LogP contribution is -2.42. The second-order valence-electron chi connectivity index (χ2n) is 6.48. The van der Waals surface area contributed by atoms with E-state index >= 15 is 0 Å². The molecular weight excluding hydrogens is 240 g/mol. The minimum Gasteiger partial charge on any atom is -0.480 e. The Labute approximate surface area is 116 Å². The molecule has 0 amide bonds. The van der Waals surface area contributed by atoms with Gasteiger partial charge in [-0.3, -0.25) is 14.6 Å². The number of carboxylic acids is 1. The number of carbonyl (C=O) groups is 1. The van der Waals surface area contributed by atoms with Crippen molar-refractivity contribution in [1.82, 2.24) is 9.80 Å². The van der Waals surface area contributed by atoms with Crippen LogP contribution in [0.5, 0.6) is 0 Å². The number of rotatable bonds is 3. The molecule has 2 aliphatic rings. The second kappa shape index (κ2) is 6.71. The maximum atomic E-state index is 10.8. The summed E-state index contributed by atoms with van der Waals surface area (Å²) in [7, 11) is 0. The first-order valence-electron chi connectivity index (χ1n) is 7.74. The molecule has 0 spiro atoms. The van der Waals surface area contributed by atoms with E-state index in [1.54, 1.807) is 0 Å². The van der Waals surface area contributed by atoms with Gasteiger partial charge < -0.3 is 5.11 Å². The van der Waals surface area contributed by atoms with Crippen molar-refractivity contribution in [1.29, 1.82) is 0 Å². The predicted octanol–water partition coefficient (Wildman–Crippen LogP) is 1.90. The van der Waals surface area contributed by atoms with Crippen LogP contribution in [0.2, 0.25) is 0 Å². The molecule has 19 heavy (non-hydrogen) atoms. The molecule has 0 aromatic heterocycles. The molecule has 0 radical (unpaired) electrons. The third-order valence-corrected chi connectivity index (χ3v) is 5.07. The Hall–Kier alpha value is -0.610. The van der Waals surface area contributed by atoms with Crippen LogP contribution in [0.4, 0.5) is 0 Å². The van der Waals surface area contributed by atoms with E-state index in [9.17, 15) is 4.79 Å². The quantitative estimate of drug-likeness (QED) is 0.849. The minimum absolute atomic E-state index is 0.200. The van der Waals surface area contributed by atoms with Crippen molar-refractivity contribution >= 4 is 5.97 Å². The molecule has 4 nitrogen and oxygen atoms in total. The van der Waals surface area contributed by atoms with E-state index < -0.39 is 5.97 Å². The monoisotopic (exact) mass is 268 g/mol. The first-order chi connectivity index (χ1) is 9.06. The van der Waals surface area contributed by atoms with Crippen LogP contribution >= 0.6 is 0 Å².